The first-order valence-corrected chi connectivity index (χ1v) is 7.41. The molecule has 7 nitrogen and oxygen atoms in total. The van der Waals surface area contributed by atoms with Gasteiger partial charge in [-0.25, -0.2) is 8.42 Å². The maximum absolute atomic E-state index is 13.5. The number of likely N-dealkylation sites (N-methyl/N-ethyl adjacent to an activating group) is 1. The van der Waals surface area contributed by atoms with Gasteiger partial charge in [-0.1, -0.05) is 6.07 Å². The Morgan fingerprint density at radius 1 is 1.50 bits per heavy atom. The van der Waals surface area contributed by atoms with Gasteiger partial charge in [0.05, 0.1) is 4.92 Å². The highest BCUT2D eigenvalue weighted by Gasteiger charge is 2.36. The average molecular weight is 303 g/mol. The quantitative estimate of drug-likeness (QED) is 0.653. The van der Waals surface area contributed by atoms with Crippen LogP contribution in [0.1, 0.15) is 6.42 Å². The normalized spacial score (nSPS) is 19.4. The molecule has 1 aliphatic rings. The zero-order valence-corrected chi connectivity index (χ0v) is 11.6. The molecule has 0 spiro atoms. The minimum absolute atomic E-state index is 0.289. The summed E-state index contributed by atoms with van der Waals surface area (Å²) in [6.45, 7) is 1.15. The molecule has 1 unspecified atom stereocenters. The molecule has 1 aromatic rings. The van der Waals surface area contributed by atoms with Crippen LogP contribution >= 0.6 is 0 Å². The van der Waals surface area contributed by atoms with Gasteiger partial charge in [0.2, 0.25) is 15.8 Å². The molecular formula is C11H14FN3O4S. The number of hydrogen-bond donors (Lipinski definition) is 1. The third-order valence-corrected chi connectivity index (χ3v) is 5.28. The number of para-hydroxylation sites is 1. The Morgan fingerprint density at radius 2 is 2.20 bits per heavy atom. The first-order valence-electron chi connectivity index (χ1n) is 5.97. The Morgan fingerprint density at radius 3 is 2.75 bits per heavy atom. The van der Waals surface area contributed by atoms with Crippen LogP contribution in [0.5, 0.6) is 0 Å². The maximum Gasteiger partial charge on any atom is 0.324 e. The topological polar surface area (TPSA) is 92.6 Å². The van der Waals surface area contributed by atoms with Crippen LogP contribution in [0.15, 0.2) is 23.1 Å². The lowest BCUT2D eigenvalue weighted by Crippen LogP contribution is -2.38. The van der Waals surface area contributed by atoms with E-state index in [-0.39, 0.29) is 6.04 Å². The smallest absolute Gasteiger partial charge is 0.315 e. The van der Waals surface area contributed by atoms with Crippen LogP contribution in [0.2, 0.25) is 0 Å². The second-order valence-corrected chi connectivity index (χ2v) is 6.48. The van der Waals surface area contributed by atoms with Crippen LogP contribution in [-0.2, 0) is 10.0 Å². The molecule has 0 bridgehead atoms. The second-order valence-electron chi connectivity index (χ2n) is 4.51. The fourth-order valence-electron chi connectivity index (χ4n) is 2.18. The summed E-state index contributed by atoms with van der Waals surface area (Å²) >= 11 is 0. The predicted octanol–water partition coefficient (Wildman–Crippen LogP) is 0.716. The summed E-state index contributed by atoms with van der Waals surface area (Å²) in [5.74, 6) is -1.16. The van der Waals surface area contributed by atoms with Crippen molar-refractivity contribution in [2.75, 3.05) is 20.1 Å². The number of rotatable bonds is 4. The van der Waals surface area contributed by atoms with Crippen molar-refractivity contribution >= 4 is 15.7 Å². The van der Waals surface area contributed by atoms with E-state index in [1.54, 1.807) is 0 Å². The highest BCUT2D eigenvalue weighted by Crippen LogP contribution is 2.30. The molecule has 0 aliphatic carbocycles. The molecule has 1 saturated heterocycles. The van der Waals surface area contributed by atoms with Crippen LogP contribution in [0.4, 0.5) is 10.1 Å². The lowest BCUT2D eigenvalue weighted by Gasteiger charge is -2.22. The van der Waals surface area contributed by atoms with E-state index in [1.807, 2.05) is 0 Å². The van der Waals surface area contributed by atoms with Gasteiger partial charge in [0.15, 0.2) is 4.90 Å². The van der Waals surface area contributed by atoms with E-state index in [0.29, 0.717) is 19.5 Å². The van der Waals surface area contributed by atoms with Gasteiger partial charge < -0.3 is 5.32 Å². The van der Waals surface area contributed by atoms with Gasteiger partial charge in [0.1, 0.15) is 0 Å². The van der Waals surface area contributed by atoms with Gasteiger partial charge >= 0.3 is 5.69 Å². The summed E-state index contributed by atoms with van der Waals surface area (Å²) in [7, 11) is -2.76. The molecule has 0 radical (unpaired) electrons. The number of halogens is 1. The van der Waals surface area contributed by atoms with Crippen LogP contribution in [-0.4, -0.2) is 43.8 Å². The summed E-state index contributed by atoms with van der Waals surface area (Å²) in [4.78, 5) is 9.28. The van der Waals surface area contributed by atoms with Crippen molar-refractivity contribution in [1.29, 1.82) is 0 Å². The lowest BCUT2D eigenvalue weighted by atomic mass is 10.3. The lowest BCUT2D eigenvalue weighted by molar-refractivity contribution is -0.390. The van der Waals surface area contributed by atoms with E-state index >= 15 is 0 Å². The minimum Gasteiger partial charge on any atom is -0.315 e. The fourth-order valence-corrected chi connectivity index (χ4v) is 3.73. The van der Waals surface area contributed by atoms with Crippen molar-refractivity contribution in [1.82, 2.24) is 9.62 Å². The summed E-state index contributed by atoms with van der Waals surface area (Å²) < 4.78 is 39.4. The Balaban J connectivity index is 2.49. The molecule has 1 heterocycles. The third kappa shape index (κ3) is 2.51. The van der Waals surface area contributed by atoms with E-state index in [0.717, 1.165) is 22.5 Å². The summed E-state index contributed by atoms with van der Waals surface area (Å²) in [5, 5.41) is 13.9. The number of nitrogens with zero attached hydrogens (tertiary/aromatic N) is 2. The second kappa shape index (κ2) is 5.43. The van der Waals surface area contributed by atoms with Crippen molar-refractivity contribution in [3.8, 4) is 0 Å². The molecule has 0 aromatic heterocycles. The number of benzene rings is 1. The van der Waals surface area contributed by atoms with Crippen LogP contribution in [0.3, 0.4) is 0 Å². The number of nitro benzene ring substituents is 1. The van der Waals surface area contributed by atoms with Gasteiger partial charge in [-0.05, 0) is 25.1 Å². The Hall–Kier alpha value is -1.58. The zero-order valence-electron chi connectivity index (χ0n) is 10.7. The molecule has 110 valence electrons. The van der Waals surface area contributed by atoms with Crippen molar-refractivity contribution in [3.63, 3.8) is 0 Å². The molecule has 9 heteroatoms. The van der Waals surface area contributed by atoms with Crippen LogP contribution < -0.4 is 5.32 Å². The molecular weight excluding hydrogens is 289 g/mol. The molecule has 20 heavy (non-hydrogen) atoms. The molecule has 1 atom stereocenters. The molecule has 1 aliphatic heterocycles. The number of sulfonamides is 1. The van der Waals surface area contributed by atoms with Crippen molar-refractivity contribution in [3.05, 3.63) is 34.1 Å². The van der Waals surface area contributed by atoms with E-state index < -0.39 is 31.3 Å². The van der Waals surface area contributed by atoms with E-state index in [2.05, 4.69) is 5.32 Å². The number of nitrogens with one attached hydrogen (secondary N) is 1. The van der Waals surface area contributed by atoms with Gasteiger partial charge in [-0.3, -0.25) is 10.1 Å². The minimum atomic E-state index is -4.11. The average Bonchev–Trinajstić information content (AvgIpc) is 2.90. The number of hydrogen-bond acceptors (Lipinski definition) is 5. The molecule has 1 N–H and O–H groups in total. The van der Waals surface area contributed by atoms with Gasteiger partial charge in [0, 0.05) is 19.6 Å². The summed E-state index contributed by atoms with van der Waals surface area (Å²) in [6.07, 6.45) is 0.610. The molecule has 0 saturated carbocycles. The van der Waals surface area contributed by atoms with Crippen molar-refractivity contribution in [2.45, 2.75) is 17.4 Å². The maximum atomic E-state index is 13.5. The Labute approximate surface area is 115 Å². The molecule has 2 rings (SSSR count). The van der Waals surface area contributed by atoms with Crippen LogP contribution in [0.25, 0.3) is 0 Å². The zero-order chi connectivity index (χ0) is 14.9. The summed E-state index contributed by atoms with van der Waals surface area (Å²) in [6, 6.07) is 2.78. The Kier molecular flexibility index (Phi) is 4.02. The largest absolute Gasteiger partial charge is 0.324 e. The highest BCUT2D eigenvalue weighted by atomic mass is 32.2. The Bertz CT molecular complexity index is 629. The van der Waals surface area contributed by atoms with Gasteiger partial charge in [-0.2, -0.15) is 8.70 Å². The van der Waals surface area contributed by atoms with Gasteiger partial charge in [-0.15, -0.1) is 0 Å². The number of nitro groups is 1. The fraction of sp³-hybridized carbons (Fsp3) is 0.455. The van der Waals surface area contributed by atoms with Gasteiger partial charge in [0.25, 0.3) is 0 Å². The van der Waals surface area contributed by atoms with Crippen molar-refractivity contribution < 1.29 is 17.7 Å². The monoisotopic (exact) mass is 303 g/mol. The van der Waals surface area contributed by atoms with Crippen molar-refractivity contribution in [2.24, 2.45) is 0 Å². The van der Waals surface area contributed by atoms with E-state index in [4.69, 9.17) is 0 Å². The first-order chi connectivity index (χ1) is 9.35. The summed E-state index contributed by atoms with van der Waals surface area (Å²) in [5.41, 5.74) is -1.01. The van der Waals surface area contributed by atoms with Crippen LogP contribution in [0, 0.1) is 15.9 Å². The SMILES string of the molecule is CN(C1CCNC1)S(=O)(=O)c1cccc(F)c1[N+](=O)[O-]. The highest BCUT2D eigenvalue weighted by molar-refractivity contribution is 7.89. The van der Waals surface area contributed by atoms with E-state index in [9.17, 15) is 22.9 Å². The standard InChI is InChI=1S/C11H14FN3O4S/c1-14(8-5-6-13-7-8)20(18,19)10-4-2-3-9(12)11(10)15(16)17/h2-4,8,13H,5-7H2,1H3. The molecule has 1 aromatic carbocycles. The molecule has 1 fully saturated rings. The van der Waals surface area contributed by atoms with E-state index in [1.165, 1.54) is 7.05 Å². The third-order valence-electron chi connectivity index (χ3n) is 3.34. The predicted molar refractivity (Wildman–Crippen MR) is 69.3 cm³/mol. The first kappa shape index (κ1) is 14.8. The molecule has 0 amide bonds.